The zero-order chi connectivity index (χ0) is 12.4. The normalized spacial score (nSPS) is 11.1. The van der Waals surface area contributed by atoms with Crippen molar-refractivity contribution in [3.63, 3.8) is 0 Å². The summed E-state index contributed by atoms with van der Waals surface area (Å²) in [6, 6.07) is 6.88. The fraction of sp³-hybridized carbons (Fsp3) is 0.182. The summed E-state index contributed by atoms with van der Waals surface area (Å²) in [7, 11) is 1.73. The Hall–Kier alpha value is -1.56. The molecule has 0 bridgehead atoms. The van der Waals surface area contributed by atoms with Gasteiger partial charge in [-0.15, -0.1) is 0 Å². The molecule has 90 valence electrons. The van der Waals surface area contributed by atoms with Crippen molar-refractivity contribution in [2.75, 3.05) is 5.73 Å². The molecule has 0 fully saturated rings. The molecule has 17 heavy (non-hydrogen) atoms. The third-order valence-electron chi connectivity index (χ3n) is 2.35. The van der Waals surface area contributed by atoms with Crippen LogP contribution < -0.4 is 5.73 Å². The summed E-state index contributed by atoms with van der Waals surface area (Å²) in [5.41, 5.74) is 7.38. The summed E-state index contributed by atoms with van der Waals surface area (Å²) in [5.74, 6) is -1.90. The van der Waals surface area contributed by atoms with E-state index < -0.39 is 5.76 Å². The van der Waals surface area contributed by atoms with E-state index in [2.05, 4.69) is 5.10 Å². The van der Waals surface area contributed by atoms with Gasteiger partial charge in [-0.2, -0.15) is 13.9 Å². The number of rotatable bonds is 3. The second kappa shape index (κ2) is 4.75. The largest absolute Gasteiger partial charge is 0.383 e. The molecule has 1 heterocycles. The van der Waals surface area contributed by atoms with Crippen molar-refractivity contribution >= 4 is 17.6 Å². The van der Waals surface area contributed by atoms with Crippen molar-refractivity contribution in [1.29, 1.82) is 0 Å². The monoisotopic (exact) mass is 255 g/mol. The van der Waals surface area contributed by atoms with E-state index in [1.54, 1.807) is 36.1 Å². The second-order valence-electron chi connectivity index (χ2n) is 3.47. The molecule has 0 spiro atoms. The summed E-state index contributed by atoms with van der Waals surface area (Å²) in [6.07, 6.45) is 1.63. The molecule has 0 unspecified atom stereocenters. The van der Waals surface area contributed by atoms with Crippen LogP contribution in [0.25, 0.3) is 11.1 Å². The van der Waals surface area contributed by atoms with E-state index in [9.17, 15) is 8.78 Å². The van der Waals surface area contributed by atoms with Gasteiger partial charge < -0.3 is 5.73 Å². The summed E-state index contributed by atoms with van der Waals surface area (Å²) < 4.78 is 26.1. The number of nitrogen functional groups attached to an aromatic ring is 1. The van der Waals surface area contributed by atoms with Gasteiger partial charge in [0.15, 0.2) is 0 Å². The maximum Gasteiger partial charge on any atom is 0.288 e. The van der Waals surface area contributed by atoms with Gasteiger partial charge in [-0.3, -0.25) is 4.68 Å². The minimum absolute atomic E-state index is 0.515. The van der Waals surface area contributed by atoms with Crippen molar-refractivity contribution in [2.45, 2.75) is 10.7 Å². The number of nitrogens with zero attached hydrogens (tertiary/aromatic N) is 2. The summed E-state index contributed by atoms with van der Waals surface area (Å²) in [4.78, 5) is 0.515. The average Bonchev–Trinajstić information content (AvgIpc) is 2.59. The number of anilines is 1. The zero-order valence-corrected chi connectivity index (χ0v) is 9.92. The van der Waals surface area contributed by atoms with Crippen molar-refractivity contribution < 1.29 is 8.78 Å². The molecule has 0 aliphatic heterocycles. The number of nitrogens with two attached hydrogens (primary N) is 1. The number of alkyl halides is 2. The lowest BCUT2D eigenvalue weighted by Crippen LogP contribution is -1.98. The van der Waals surface area contributed by atoms with Crippen LogP contribution >= 0.6 is 11.8 Å². The van der Waals surface area contributed by atoms with Gasteiger partial charge in [-0.1, -0.05) is 23.9 Å². The van der Waals surface area contributed by atoms with Crippen molar-refractivity contribution in [3.8, 4) is 11.1 Å². The van der Waals surface area contributed by atoms with E-state index >= 15 is 0 Å². The molecule has 2 N–H and O–H groups in total. The van der Waals surface area contributed by atoms with Gasteiger partial charge in [0.25, 0.3) is 5.76 Å². The molecule has 2 rings (SSSR count). The van der Waals surface area contributed by atoms with Gasteiger partial charge in [0.2, 0.25) is 0 Å². The Kier molecular flexibility index (Phi) is 3.33. The molecule has 3 nitrogen and oxygen atoms in total. The highest BCUT2D eigenvalue weighted by molar-refractivity contribution is 7.99. The van der Waals surface area contributed by atoms with E-state index in [1.165, 1.54) is 0 Å². The fourth-order valence-electron chi connectivity index (χ4n) is 1.51. The molecule has 6 heteroatoms. The van der Waals surface area contributed by atoms with Crippen molar-refractivity contribution in [1.82, 2.24) is 9.78 Å². The van der Waals surface area contributed by atoms with Crippen molar-refractivity contribution in [3.05, 3.63) is 30.5 Å². The lowest BCUT2D eigenvalue weighted by Gasteiger charge is -2.04. The average molecular weight is 255 g/mol. The number of hydrogen-bond acceptors (Lipinski definition) is 3. The molecular formula is C11H11F2N3S. The number of thioether (sulfide) groups is 1. The third-order valence-corrected chi connectivity index (χ3v) is 3.06. The van der Waals surface area contributed by atoms with Gasteiger partial charge in [-0.05, 0) is 17.7 Å². The number of halogens is 2. The molecule has 1 aromatic heterocycles. The zero-order valence-electron chi connectivity index (χ0n) is 9.10. The third kappa shape index (κ3) is 2.58. The van der Waals surface area contributed by atoms with E-state index in [0.717, 1.165) is 11.1 Å². The summed E-state index contributed by atoms with van der Waals surface area (Å²) in [5, 5.41) is 4.02. The van der Waals surface area contributed by atoms with Crippen LogP contribution in [0.4, 0.5) is 14.6 Å². The van der Waals surface area contributed by atoms with Crippen LogP contribution in [0, 0.1) is 0 Å². The Bertz CT molecular complexity index is 525. The smallest absolute Gasteiger partial charge is 0.288 e. The van der Waals surface area contributed by atoms with Gasteiger partial charge in [0.05, 0.1) is 6.20 Å². The minimum atomic E-state index is -2.42. The van der Waals surface area contributed by atoms with Crippen LogP contribution in [-0.2, 0) is 7.05 Å². The first-order valence-corrected chi connectivity index (χ1v) is 5.78. The predicted octanol–water partition coefficient (Wildman–Crippen LogP) is 2.98. The van der Waals surface area contributed by atoms with E-state index in [4.69, 9.17) is 5.73 Å². The predicted molar refractivity (Wildman–Crippen MR) is 64.9 cm³/mol. The number of aryl methyl sites for hydroxylation is 1. The highest BCUT2D eigenvalue weighted by Gasteiger charge is 2.10. The molecule has 0 aliphatic carbocycles. The Morgan fingerprint density at radius 3 is 2.76 bits per heavy atom. The van der Waals surface area contributed by atoms with Crippen LogP contribution in [0.5, 0.6) is 0 Å². The summed E-state index contributed by atoms with van der Waals surface area (Å²) >= 11 is 0.519. The first-order valence-electron chi connectivity index (χ1n) is 4.90. The Morgan fingerprint density at radius 2 is 2.18 bits per heavy atom. The molecule has 2 aromatic rings. The van der Waals surface area contributed by atoms with Crippen LogP contribution in [0.1, 0.15) is 0 Å². The molecular weight excluding hydrogens is 244 g/mol. The molecule has 0 saturated heterocycles. The van der Waals surface area contributed by atoms with Crippen LogP contribution in [0.3, 0.4) is 0 Å². The Balaban J connectivity index is 2.36. The minimum Gasteiger partial charge on any atom is -0.383 e. The maximum atomic E-state index is 12.3. The SMILES string of the molecule is Cn1ncc(-c2cccc(SC(F)F)c2)c1N. The quantitative estimate of drug-likeness (QED) is 0.857. The maximum absolute atomic E-state index is 12.3. The van der Waals surface area contributed by atoms with E-state index in [1.807, 2.05) is 6.07 Å². The van der Waals surface area contributed by atoms with Crippen LogP contribution in [0.15, 0.2) is 35.4 Å². The van der Waals surface area contributed by atoms with Crippen molar-refractivity contribution in [2.24, 2.45) is 7.05 Å². The molecule has 0 atom stereocenters. The number of hydrogen-bond donors (Lipinski definition) is 1. The van der Waals surface area contributed by atoms with Gasteiger partial charge in [-0.25, -0.2) is 0 Å². The fourth-order valence-corrected chi connectivity index (χ4v) is 2.07. The lowest BCUT2D eigenvalue weighted by atomic mass is 10.1. The van der Waals surface area contributed by atoms with Gasteiger partial charge >= 0.3 is 0 Å². The number of aromatic nitrogens is 2. The molecule has 0 saturated carbocycles. The summed E-state index contributed by atoms with van der Waals surface area (Å²) in [6.45, 7) is 0. The highest BCUT2D eigenvalue weighted by Crippen LogP contribution is 2.31. The van der Waals surface area contributed by atoms with Gasteiger partial charge in [0, 0.05) is 17.5 Å². The van der Waals surface area contributed by atoms with Gasteiger partial charge in [0.1, 0.15) is 5.82 Å². The Morgan fingerprint density at radius 1 is 1.41 bits per heavy atom. The molecule has 0 radical (unpaired) electrons. The first-order chi connectivity index (χ1) is 8.08. The molecule has 1 aromatic carbocycles. The number of benzene rings is 1. The standard InChI is InChI=1S/C11H11F2N3S/c1-16-10(14)9(6-15-16)7-3-2-4-8(5-7)17-11(12)13/h2-6,11H,14H2,1H3. The molecule has 0 aliphatic rings. The topological polar surface area (TPSA) is 43.8 Å². The molecule has 0 amide bonds. The Labute approximate surface area is 102 Å². The first kappa shape index (κ1) is 11.9. The second-order valence-corrected chi connectivity index (χ2v) is 4.54. The van der Waals surface area contributed by atoms with E-state index in [-0.39, 0.29) is 0 Å². The van der Waals surface area contributed by atoms with Crippen LogP contribution in [-0.4, -0.2) is 15.5 Å². The highest BCUT2D eigenvalue weighted by atomic mass is 32.2. The van der Waals surface area contributed by atoms with Crippen LogP contribution in [0.2, 0.25) is 0 Å². The van der Waals surface area contributed by atoms with E-state index in [0.29, 0.717) is 22.5 Å². The lowest BCUT2D eigenvalue weighted by molar-refractivity contribution is 0.252.